The molecule has 3 aromatic rings. The van der Waals surface area contributed by atoms with Crippen LogP contribution in [0.15, 0.2) is 60.7 Å². The Morgan fingerprint density at radius 2 is 1.65 bits per heavy atom. The van der Waals surface area contributed by atoms with Crippen LogP contribution in [0.1, 0.15) is 10.4 Å². The highest BCUT2D eigenvalue weighted by molar-refractivity contribution is 6.30. The van der Waals surface area contributed by atoms with Gasteiger partial charge in [-0.3, -0.25) is 9.89 Å². The smallest absolute Gasteiger partial charge is 0.253 e. The summed E-state index contributed by atoms with van der Waals surface area (Å²) in [5.74, 6) is 0.968. The van der Waals surface area contributed by atoms with Crippen LogP contribution < -0.4 is 4.90 Å². The van der Waals surface area contributed by atoms with E-state index in [1.165, 1.54) is 0 Å². The Balaban J connectivity index is 1.40. The minimum absolute atomic E-state index is 0.0494. The zero-order valence-corrected chi connectivity index (χ0v) is 15.0. The summed E-state index contributed by atoms with van der Waals surface area (Å²) >= 11 is 5.89. The van der Waals surface area contributed by atoms with Gasteiger partial charge in [-0.2, -0.15) is 5.10 Å². The molecule has 1 N–H and O–H groups in total. The summed E-state index contributed by atoms with van der Waals surface area (Å²) in [5, 5.41) is 8.17. The van der Waals surface area contributed by atoms with Crippen molar-refractivity contribution in [1.29, 1.82) is 0 Å². The van der Waals surface area contributed by atoms with Crippen LogP contribution in [0.2, 0.25) is 5.02 Å². The quantitative estimate of drug-likeness (QED) is 0.769. The number of hydrogen-bond donors (Lipinski definition) is 1. The van der Waals surface area contributed by atoms with Gasteiger partial charge in [-0.1, -0.05) is 41.9 Å². The maximum Gasteiger partial charge on any atom is 0.253 e. The van der Waals surface area contributed by atoms with Crippen LogP contribution >= 0.6 is 11.6 Å². The molecule has 1 saturated heterocycles. The number of rotatable bonds is 3. The highest BCUT2D eigenvalue weighted by Crippen LogP contribution is 2.22. The van der Waals surface area contributed by atoms with E-state index in [4.69, 9.17) is 11.6 Å². The lowest BCUT2D eigenvalue weighted by atomic mass is 10.1. The first-order valence-corrected chi connectivity index (χ1v) is 8.99. The third-order valence-corrected chi connectivity index (χ3v) is 4.88. The molecule has 132 valence electrons. The number of hydrogen-bond acceptors (Lipinski definition) is 3. The minimum atomic E-state index is 0.0494. The second kappa shape index (κ2) is 7.22. The van der Waals surface area contributed by atoms with Gasteiger partial charge in [0.05, 0.1) is 5.69 Å². The fourth-order valence-electron chi connectivity index (χ4n) is 3.15. The van der Waals surface area contributed by atoms with Crippen LogP contribution in [-0.2, 0) is 0 Å². The van der Waals surface area contributed by atoms with Crippen molar-refractivity contribution in [2.75, 3.05) is 31.1 Å². The highest BCUT2D eigenvalue weighted by atomic mass is 35.5. The molecular weight excluding hydrogens is 348 g/mol. The van der Waals surface area contributed by atoms with Crippen LogP contribution in [0, 0.1) is 0 Å². The summed E-state index contributed by atoms with van der Waals surface area (Å²) in [6.07, 6.45) is 0. The second-order valence-corrected chi connectivity index (χ2v) is 6.73. The van der Waals surface area contributed by atoms with E-state index >= 15 is 0 Å². The highest BCUT2D eigenvalue weighted by Gasteiger charge is 2.23. The second-order valence-electron chi connectivity index (χ2n) is 6.29. The summed E-state index contributed by atoms with van der Waals surface area (Å²) < 4.78 is 0. The van der Waals surface area contributed by atoms with Gasteiger partial charge in [0.2, 0.25) is 0 Å². The molecule has 0 aliphatic carbocycles. The fourth-order valence-corrected chi connectivity index (χ4v) is 3.28. The summed E-state index contributed by atoms with van der Waals surface area (Å²) in [6.45, 7) is 2.88. The molecule has 0 spiro atoms. The number of amides is 1. The van der Waals surface area contributed by atoms with Crippen LogP contribution in [0.4, 0.5) is 5.82 Å². The minimum Gasteiger partial charge on any atom is -0.352 e. The van der Waals surface area contributed by atoms with E-state index in [9.17, 15) is 4.79 Å². The number of nitrogens with zero attached hydrogens (tertiary/aromatic N) is 3. The van der Waals surface area contributed by atoms with Crippen molar-refractivity contribution in [2.24, 2.45) is 0 Å². The van der Waals surface area contributed by atoms with Gasteiger partial charge in [-0.15, -0.1) is 0 Å². The molecule has 4 rings (SSSR count). The molecular formula is C20H19ClN4O. The number of anilines is 1. The van der Waals surface area contributed by atoms with Crippen molar-refractivity contribution >= 4 is 23.3 Å². The molecule has 1 aromatic heterocycles. The van der Waals surface area contributed by atoms with Gasteiger partial charge >= 0.3 is 0 Å². The number of halogens is 1. The molecule has 26 heavy (non-hydrogen) atoms. The molecule has 6 heteroatoms. The van der Waals surface area contributed by atoms with E-state index < -0.39 is 0 Å². The van der Waals surface area contributed by atoms with E-state index in [-0.39, 0.29) is 5.91 Å². The number of piperazine rings is 1. The predicted molar refractivity (Wildman–Crippen MR) is 104 cm³/mol. The number of H-pyrrole nitrogens is 1. The maximum absolute atomic E-state index is 12.6. The predicted octanol–water partition coefficient (Wildman–Crippen LogP) is 3.69. The van der Waals surface area contributed by atoms with Crippen LogP contribution in [0.3, 0.4) is 0 Å². The van der Waals surface area contributed by atoms with Gasteiger partial charge < -0.3 is 9.80 Å². The molecule has 1 aliphatic heterocycles. The van der Waals surface area contributed by atoms with Gasteiger partial charge in [0, 0.05) is 42.8 Å². The van der Waals surface area contributed by atoms with Gasteiger partial charge in [0.1, 0.15) is 0 Å². The number of aromatic nitrogens is 2. The van der Waals surface area contributed by atoms with Crippen molar-refractivity contribution in [3.63, 3.8) is 0 Å². The SMILES string of the molecule is O=C(c1ccc(Cl)cc1)N1CCN(c2cc(-c3ccccc3)[nH]n2)CC1. The third kappa shape index (κ3) is 3.44. The zero-order valence-electron chi connectivity index (χ0n) is 14.2. The average Bonchev–Trinajstić information content (AvgIpc) is 3.19. The summed E-state index contributed by atoms with van der Waals surface area (Å²) in [5.41, 5.74) is 2.79. The van der Waals surface area contributed by atoms with Crippen LogP contribution in [-0.4, -0.2) is 47.2 Å². The number of nitrogens with one attached hydrogen (secondary N) is 1. The third-order valence-electron chi connectivity index (χ3n) is 4.63. The topological polar surface area (TPSA) is 52.2 Å². The molecule has 0 atom stereocenters. The first-order valence-electron chi connectivity index (χ1n) is 8.61. The Morgan fingerprint density at radius 1 is 0.962 bits per heavy atom. The summed E-state index contributed by atoms with van der Waals surface area (Å²) in [4.78, 5) is 16.7. The van der Waals surface area contributed by atoms with E-state index in [2.05, 4.69) is 33.3 Å². The Labute approximate surface area is 157 Å². The Bertz CT molecular complexity index is 884. The molecule has 0 radical (unpaired) electrons. The van der Waals surface area contributed by atoms with E-state index in [0.29, 0.717) is 23.7 Å². The Kier molecular flexibility index (Phi) is 4.63. The first-order chi connectivity index (χ1) is 12.7. The molecule has 1 fully saturated rings. The van der Waals surface area contributed by atoms with E-state index in [1.54, 1.807) is 24.3 Å². The van der Waals surface area contributed by atoms with Gasteiger partial charge in [-0.05, 0) is 29.8 Å². The normalized spacial score (nSPS) is 14.5. The lowest BCUT2D eigenvalue weighted by Crippen LogP contribution is -2.48. The zero-order chi connectivity index (χ0) is 17.9. The van der Waals surface area contributed by atoms with Crippen molar-refractivity contribution in [3.8, 4) is 11.3 Å². The van der Waals surface area contributed by atoms with Gasteiger partial charge in [0.25, 0.3) is 5.91 Å². The molecule has 1 aliphatic rings. The molecule has 2 aromatic carbocycles. The van der Waals surface area contributed by atoms with Crippen molar-refractivity contribution in [3.05, 3.63) is 71.2 Å². The maximum atomic E-state index is 12.6. The van der Waals surface area contributed by atoms with Gasteiger partial charge in [-0.25, -0.2) is 0 Å². The van der Waals surface area contributed by atoms with Crippen LogP contribution in [0.5, 0.6) is 0 Å². The summed E-state index contributed by atoms with van der Waals surface area (Å²) in [7, 11) is 0. The van der Waals surface area contributed by atoms with E-state index in [0.717, 1.165) is 30.2 Å². The lowest BCUT2D eigenvalue weighted by Gasteiger charge is -2.34. The molecule has 2 heterocycles. The molecule has 0 saturated carbocycles. The van der Waals surface area contributed by atoms with E-state index in [1.807, 2.05) is 23.1 Å². The lowest BCUT2D eigenvalue weighted by molar-refractivity contribution is 0.0746. The first kappa shape index (κ1) is 16.7. The van der Waals surface area contributed by atoms with Crippen molar-refractivity contribution in [1.82, 2.24) is 15.1 Å². The molecule has 1 amide bonds. The molecule has 0 unspecified atom stereocenters. The number of benzene rings is 2. The number of carbonyl (C=O) groups is 1. The Hall–Kier alpha value is -2.79. The number of aromatic amines is 1. The fraction of sp³-hybridized carbons (Fsp3) is 0.200. The van der Waals surface area contributed by atoms with Gasteiger partial charge in [0.15, 0.2) is 5.82 Å². The average molecular weight is 367 g/mol. The number of carbonyl (C=O) groups excluding carboxylic acids is 1. The largest absolute Gasteiger partial charge is 0.352 e. The standard InChI is InChI=1S/C20H19ClN4O/c21-17-8-6-16(7-9-17)20(26)25-12-10-24(11-13-25)19-14-18(22-23-19)15-4-2-1-3-5-15/h1-9,14H,10-13H2,(H,22,23). The summed E-state index contributed by atoms with van der Waals surface area (Å²) in [6, 6.07) is 19.2. The van der Waals surface area contributed by atoms with Crippen LogP contribution in [0.25, 0.3) is 11.3 Å². The Morgan fingerprint density at radius 3 is 2.35 bits per heavy atom. The molecule has 0 bridgehead atoms. The van der Waals surface area contributed by atoms with Crippen molar-refractivity contribution < 1.29 is 4.79 Å². The molecule has 5 nitrogen and oxygen atoms in total. The van der Waals surface area contributed by atoms with Crippen molar-refractivity contribution in [2.45, 2.75) is 0 Å². The monoisotopic (exact) mass is 366 g/mol.